The first-order valence-electron chi connectivity index (χ1n) is 8.88. The van der Waals surface area contributed by atoms with Crippen molar-refractivity contribution >= 4 is 16.9 Å². The van der Waals surface area contributed by atoms with E-state index < -0.39 is 5.63 Å². The molecule has 1 amide bonds. The number of ether oxygens (including phenoxy) is 1. The molecule has 4 rings (SSSR count). The van der Waals surface area contributed by atoms with E-state index in [-0.39, 0.29) is 30.0 Å². The van der Waals surface area contributed by atoms with E-state index in [4.69, 9.17) is 9.15 Å². The predicted octanol–water partition coefficient (Wildman–Crippen LogP) is 2.04. The van der Waals surface area contributed by atoms with Crippen LogP contribution in [0.15, 0.2) is 39.5 Å². The Bertz CT molecular complexity index is 918. The zero-order valence-electron chi connectivity index (χ0n) is 15.0. The number of nitrogens with zero attached hydrogens (tertiary/aromatic N) is 1. The number of likely N-dealkylation sites (tertiary alicyclic amines) is 1. The van der Waals surface area contributed by atoms with Gasteiger partial charge >= 0.3 is 5.63 Å². The summed E-state index contributed by atoms with van der Waals surface area (Å²) >= 11 is 0. The molecule has 26 heavy (non-hydrogen) atoms. The molecule has 2 atom stereocenters. The fourth-order valence-electron chi connectivity index (χ4n) is 4.90. The van der Waals surface area contributed by atoms with Gasteiger partial charge in [0.15, 0.2) is 6.61 Å². The molecule has 0 spiro atoms. The third-order valence-electron chi connectivity index (χ3n) is 6.02. The molecule has 1 aromatic carbocycles. The molecule has 0 radical (unpaired) electrons. The van der Waals surface area contributed by atoms with Gasteiger partial charge in [-0.05, 0) is 36.0 Å². The van der Waals surface area contributed by atoms with Crippen LogP contribution in [0.2, 0.25) is 0 Å². The van der Waals surface area contributed by atoms with Gasteiger partial charge in [-0.15, -0.1) is 0 Å². The Hall–Kier alpha value is -2.34. The Morgan fingerprint density at radius 1 is 1.35 bits per heavy atom. The van der Waals surface area contributed by atoms with Crippen LogP contribution < -0.4 is 10.4 Å². The van der Waals surface area contributed by atoms with Crippen molar-refractivity contribution in [1.29, 1.82) is 0 Å². The zero-order valence-corrected chi connectivity index (χ0v) is 15.0. The van der Waals surface area contributed by atoms with Gasteiger partial charge in [0.25, 0.3) is 5.91 Å². The van der Waals surface area contributed by atoms with E-state index in [2.05, 4.69) is 13.8 Å². The Morgan fingerprint density at radius 2 is 2.12 bits per heavy atom. The number of benzene rings is 1. The molecule has 2 aromatic rings. The Kier molecular flexibility index (Phi) is 3.84. The average molecular weight is 357 g/mol. The second-order valence-corrected chi connectivity index (χ2v) is 8.26. The lowest BCUT2D eigenvalue weighted by Gasteiger charge is -2.55. The number of aliphatic hydroxyl groups excluding tert-OH is 1. The summed E-state index contributed by atoms with van der Waals surface area (Å²) in [6, 6.07) is 8.22. The third-order valence-corrected chi connectivity index (χ3v) is 6.02. The summed E-state index contributed by atoms with van der Waals surface area (Å²) in [6.45, 7) is 5.69. The highest BCUT2D eigenvalue weighted by molar-refractivity contribution is 5.79. The summed E-state index contributed by atoms with van der Waals surface area (Å²) in [6.07, 6.45) is 0.940. The topological polar surface area (TPSA) is 80.0 Å². The molecule has 1 aliphatic carbocycles. The van der Waals surface area contributed by atoms with Gasteiger partial charge in [0.05, 0.1) is 6.61 Å². The quantitative estimate of drug-likeness (QED) is 0.847. The molecule has 6 nitrogen and oxygen atoms in total. The minimum atomic E-state index is -0.421. The first-order valence-corrected chi connectivity index (χ1v) is 8.88. The van der Waals surface area contributed by atoms with E-state index in [1.807, 2.05) is 0 Å². The van der Waals surface area contributed by atoms with Crippen LogP contribution in [0.3, 0.4) is 0 Å². The largest absolute Gasteiger partial charge is 0.484 e. The van der Waals surface area contributed by atoms with Crippen molar-refractivity contribution in [3.63, 3.8) is 0 Å². The molecule has 1 N–H and O–H groups in total. The lowest BCUT2D eigenvalue weighted by atomic mass is 9.48. The lowest BCUT2D eigenvalue weighted by molar-refractivity contribution is -0.132. The molecule has 138 valence electrons. The molecule has 2 heterocycles. The minimum absolute atomic E-state index is 0.0722. The molecule has 2 fully saturated rings. The van der Waals surface area contributed by atoms with Crippen molar-refractivity contribution in [2.75, 3.05) is 26.3 Å². The third kappa shape index (κ3) is 2.69. The highest BCUT2D eigenvalue weighted by atomic mass is 16.5. The summed E-state index contributed by atoms with van der Waals surface area (Å²) in [4.78, 5) is 25.7. The Labute approximate surface area is 151 Å². The summed E-state index contributed by atoms with van der Waals surface area (Å²) in [5.74, 6) is 0.733. The zero-order chi connectivity index (χ0) is 18.5. The average Bonchev–Trinajstić information content (AvgIpc) is 2.94. The van der Waals surface area contributed by atoms with Gasteiger partial charge in [-0.3, -0.25) is 4.79 Å². The van der Waals surface area contributed by atoms with E-state index in [9.17, 15) is 14.7 Å². The molecular weight excluding hydrogens is 334 g/mol. The number of hydrogen-bond acceptors (Lipinski definition) is 5. The molecule has 0 bridgehead atoms. The molecule has 1 aliphatic heterocycles. The number of amides is 1. The summed E-state index contributed by atoms with van der Waals surface area (Å²) in [5.41, 5.74) is 0.0258. The summed E-state index contributed by atoms with van der Waals surface area (Å²) in [7, 11) is 0. The second kappa shape index (κ2) is 5.84. The highest BCUT2D eigenvalue weighted by Crippen LogP contribution is 2.62. The van der Waals surface area contributed by atoms with Gasteiger partial charge in [-0.2, -0.15) is 0 Å². The van der Waals surface area contributed by atoms with E-state index in [0.29, 0.717) is 30.3 Å². The van der Waals surface area contributed by atoms with Crippen LogP contribution in [0.5, 0.6) is 5.75 Å². The van der Waals surface area contributed by atoms with Gasteiger partial charge in [0.2, 0.25) is 0 Å². The van der Waals surface area contributed by atoms with Crippen LogP contribution in [0.25, 0.3) is 11.0 Å². The number of fused-ring (bicyclic) bond motifs is 2. The number of aliphatic hydroxyl groups is 1. The van der Waals surface area contributed by atoms with Crippen molar-refractivity contribution < 1.29 is 19.1 Å². The van der Waals surface area contributed by atoms with Gasteiger partial charge < -0.3 is 19.2 Å². The van der Waals surface area contributed by atoms with Crippen molar-refractivity contribution in [2.24, 2.45) is 16.7 Å². The maximum atomic E-state index is 12.6. The maximum Gasteiger partial charge on any atom is 0.336 e. The van der Waals surface area contributed by atoms with E-state index >= 15 is 0 Å². The van der Waals surface area contributed by atoms with Crippen molar-refractivity contribution in [1.82, 2.24) is 4.90 Å². The first-order chi connectivity index (χ1) is 12.3. The smallest absolute Gasteiger partial charge is 0.336 e. The molecule has 0 unspecified atom stereocenters. The number of carbonyl (C=O) groups is 1. The monoisotopic (exact) mass is 357 g/mol. The van der Waals surface area contributed by atoms with E-state index in [0.717, 1.165) is 11.8 Å². The van der Waals surface area contributed by atoms with Gasteiger partial charge in [-0.25, -0.2) is 4.79 Å². The molecular formula is C20H23NO5. The van der Waals surface area contributed by atoms with Crippen molar-refractivity contribution in [2.45, 2.75) is 20.3 Å². The lowest BCUT2D eigenvalue weighted by Crippen LogP contribution is -2.54. The van der Waals surface area contributed by atoms with Crippen molar-refractivity contribution in [3.8, 4) is 5.75 Å². The van der Waals surface area contributed by atoms with E-state index in [1.54, 1.807) is 29.2 Å². The van der Waals surface area contributed by atoms with Gasteiger partial charge in [0, 0.05) is 36.0 Å². The number of hydrogen-bond donors (Lipinski definition) is 1. The van der Waals surface area contributed by atoms with Gasteiger partial charge in [0.1, 0.15) is 11.3 Å². The number of carbonyl (C=O) groups excluding carboxylic acids is 1. The fourth-order valence-corrected chi connectivity index (χ4v) is 4.90. The second-order valence-electron chi connectivity index (χ2n) is 8.26. The molecule has 1 saturated heterocycles. The normalized spacial score (nSPS) is 26.4. The summed E-state index contributed by atoms with van der Waals surface area (Å²) < 4.78 is 10.8. The molecule has 1 aromatic heterocycles. The summed E-state index contributed by atoms with van der Waals surface area (Å²) in [5, 5.41) is 10.6. The number of rotatable bonds is 4. The highest BCUT2D eigenvalue weighted by Gasteiger charge is 2.63. The van der Waals surface area contributed by atoms with Crippen LogP contribution in [0.1, 0.15) is 20.3 Å². The molecule has 2 aliphatic rings. The molecule has 6 heteroatoms. The van der Waals surface area contributed by atoms with Crippen LogP contribution in [0.4, 0.5) is 0 Å². The Morgan fingerprint density at radius 3 is 2.81 bits per heavy atom. The fraction of sp³-hybridized carbons (Fsp3) is 0.500. The maximum absolute atomic E-state index is 12.6. The first kappa shape index (κ1) is 17.1. The Balaban J connectivity index is 1.42. The van der Waals surface area contributed by atoms with E-state index in [1.165, 1.54) is 6.07 Å². The van der Waals surface area contributed by atoms with Crippen LogP contribution in [0, 0.1) is 16.7 Å². The van der Waals surface area contributed by atoms with Crippen LogP contribution in [-0.4, -0.2) is 42.2 Å². The molecule has 1 saturated carbocycles. The van der Waals surface area contributed by atoms with Crippen molar-refractivity contribution in [3.05, 3.63) is 40.8 Å². The standard InChI is InChI=1S/C20H23NO5/c1-19(2)10-20(12-22)11-21(8-16(19)20)17(23)9-25-14-5-3-13-4-6-18(24)26-15(13)7-14/h3-7,16,22H,8-12H2,1-2H3/t16-,20-/m1/s1. The minimum Gasteiger partial charge on any atom is -0.484 e. The van der Waals surface area contributed by atoms with Gasteiger partial charge in [-0.1, -0.05) is 13.8 Å². The predicted molar refractivity (Wildman–Crippen MR) is 96.0 cm³/mol. The van der Waals surface area contributed by atoms with Crippen LogP contribution in [-0.2, 0) is 4.79 Å². The SMILES string of the molecule is CC1(C)C[C@]2(CO)CN(C(=O)COc3ccc4ccc(=O)oc4c3)C[C@H]12. The van der Waals surface area contributed by atoms with Crippen LogP contribution >= 0.6 is 0 Å².